The third-order valence-electron chi connectivity index (χ3n) is 6.12. The average Bonchev–Trinajstić information content (AvgIpc) is 2.69. The van der Waals surface area contributed by atoms with E-state index in [2.05, 4.69) is 0 Å². The van der Waals surface area contributed by atoms with Crippen molar-refractivity contribution in [2.75, 3.05) is 6.54 Å². The standard InChI is InChI=1S/C18H22ClNO3/c1-17(2)13-8-9-18(17,3)16(23)20(15(13)22)10-14(21)11-4-6-12(19)7-5-11/h4-7,13-14,21H,8-10H2,1-3H3/t13-,14+,18+/m0/s1. The Balaban J connectivity index is 1.85. The number of piperidine rings is 1. The molecule has 1 saturated heterocycles. The zero-order valence-electron chi connectivity index (χ0n) is 13.7. The number of rotatable bonds is 3. The van der Waals surface area contributed by atoms with Gasteiger partial charge >= 0.3 is 0 Å². The maximum atomic E-state index is 12.9. The molecule has 1 N–H and O–H groups in total. The van der Waals surface area contributed by atoms with Gasteiger partial charge in [-0.3, -0.25) is 14.5 Å². The third kappa shape index (κ3) is 2.31. The number of halogens is 1. The van der Waals surface area contributed by atoms with Gasteiger partial charge in [-0.15, -0.1) is 0 Å². The highest BCUT2D eigenvalue weighted by Crippen LogP contribution is 2.60. The smallest absolute Gasteiger partial charge is 0.235 e. The number of amides is 2. The van der Waals surface area contributed by atoms with E-state index in [0.29, 0.717) is 10.6 Å². The Kier molecular flexibility index (Phi) is 3.81. The molecule has 23 heavy (non-hydrogen) atoms. The summed E-state index contributed by atoms with van der Waals surface area (Å²) in [7, 11) is 0. The highest BCUT2D eigenvalue weighted by atomic mass is 35.5. The predicted molar refractivity (Wildman–Crippen MR) is 87.7 cm³/mol. The summed E-state index contributed by atoms with van der Waals surface area (Å²) in [6.07, 6.45) is 0.564. The van der Waals surface area contributed by atoms with Crippen LogP contribution in [0.5, 0.6) is 0 Å². The molecule has 2 fully saturated rings. The van der Waals surface area contributed by atoms with Crippen molar-refractivity contribution in [1.29, 1.82) is 0 Å². The van der Waals surface area contributed by atoms with Crippen molar-refractivity contribution in [2.24, 2.45) is 16.7 Å². The molecule has 5 heteroatoms. The average molecular weight is 336 g/mol. The molecule has 4 nitrogen and oxygen atoms in total. The number of β-amino-alcohol motifs (C(OH)–C–C–N with tert-alkyl or cyclic N) is 1. The molecule has 0 unspecified atom stereocenters. The van der Waals surface area contributed by atoms with Gasteiger partial charge in [0.05, 0.1) is 18.1 Å². The van der Waals surface area contributed by atoms with E-state index in [4.69, 9.17) is 11.6 Å². The normalized spacial score (nSPS) is 30.7. The number of nitrogens with zero attached hydrogens (tertiary/aromatic N) is 1. The molecule has 3 atom stereocenters. The van der Waals surface area contributed by atoms with E-state index in [-0.39, 0.29) is 29.7 Å². The summed E-state index contributed by atoms with van der Waals surface area (Å²) >= 11 is 5.85. The van der Waals surface area contributed by atoms with Crippen molar-refractivity contribution < 1.29 is 14.7 Å². The van der Waals surface area contributed by atoms with E-state index in [1.807, 2.05) is 20.8 Å². The number of fused-ring (bicyclic) bond motifs is 2. The number of imide groups is 1. The number of benzene rings is 1. The second-order valence-electron chi connectivity index (χ2n) is 7.47. The van der Waals surface area contributed by atoms with E-state index >= 15 is 0 Å². The van der Waals surface area contributed by atoms with Gasteiger partial charge in [0.2, 0.25) is 11.8 Å². The van der Waals surface area contributed by atoms with E-state index in [0.717, 1.165) is 12.8 Å². The molecular formula is C18H22ClNO3. The minimum absolute atomic E-state index is 0.00146. The number of hydrogen-bond acceptors (Lipinski definition) is 3. The highest BCUT2D eigenvalue weighted by molar-refractivity contribution is 6.30. The maximum absolute atomic E-state index is 12.9. The first-order valence-corrected chi connectivity index (χ1v) is 8.35. The van der Waals surface area contributed by atoms with Gasteiger partial charge in [0, 0.05) is 10.9 Å². The van der Waals surface area contributed by atoms with Crippen LogP contribution in [0, 0.1) is 16.7 Å². The molecule has 0 aromatic heterocycles. The van der Waals surface area contributed by atoms with Crippen LogP contribution < -0.4 is 0 Å². The summed E-state index contributed by atoms with van der Waals surface area (Å²) in [5.41, 5.74) is -0.217. The third-order valence-corrected chi connectivity index (χ3v) is 6.37. The molecule has 2 aliphatic rings. The van der Waals surface area contributed by atoms with Gasteiger partial charge in [0.25, 0.3) is 0 Å². The molecule has 0 spiro atoms. The Labute approximate surface area is 141 Å². The Morgan fingerprint density at radius 1 is 1.26 bits per heavy atom. The summed E-state index contributed by atoms with van der Waals surface area (Å²) in [6, 6.07) is 6.81. The maximum Gasteiger partial charge on any atom is 0.235 e. The van der Waals surface area contributed by atoms with E-state index < -0.39 is 11.5 Å². The fraction of sp³-hybridized carbons (Fsp3) is 0.556. The van der Waals surface area contributed by atoms with Crippen LogP contribution in [0.1, 0.15) is 45.3 Å². The Bertz CT molecular complexity index is 655. The van der Waals surface area contributed by atoms with Crippen LogP contribution in [0.4, 0.5) is 0 Å². The molecule has 1 saturated carbocycles. The first kappa shape index (κ1) is 16.5. The van der Waals surface area contributed by atoms with Gasteiger partial charge in [-0.25, -0.2) is 0 Å². The molecule has 0 radical (unpaired) electrons. The summed E-state index contributed by atoms with van der Waals surface area (Å²) in [4.78, 5) is 26.9. The van der Waals surface area contributed by atoms with Crippen LogP contribution in [-0.4, -0.2) is 28.4 Å². The molecule has 3 rings (SSSR count). The van der Waals surface area contributed by atoms with Crippen LogP contribution in [0.15, 0.2) is 24.3 Å². The summed E-state index contributed by atoms with van der Waals surface area (Å²) in [5, 5.41) is 11.0. The lowest BCUT2D eigenvalue weighted by molar-refractivity contribution is -0.169. The van der Waals surface area contributed by atoms with E-state index in [1.165, 1.54) is 4.90 Å². The van der Waals surface area contributed by atoms with Crippen molar-refractivity contribution in [2.45, 2.75) is 39.7 Å². The minimum Gasteiger partial charge on any atom is -0.387 e. The monoisotopic (exact) mass is 335 g/mol. The quantitative estimate of drug-likeness (QED) is 0.863. The van der Waals surface area contributed by atoms with Gasteiger partial charge in [0.15, 0.2) is 0 Å². The number of aliphatic hydroxyl groups excluding tert-OH is 1. The van der Waals surface area contributed by atoms with Gasteiger partial charge in [0.1, 0.15) is 0 Å². The van der Waals surface area contributed by atoms with Crippen molar-refractivity contribution in [3.8, 4) is 0 Å². The summed E-state index contributed by atoms with van der Waals surface area (Å²) in [6.45, 7) is 5.96. The molecule has 124 valence electrons. The molecule has 1 aromatic rings. The highest BCUT2D eigenvalue weighted by Gasteiger charge is 2.64. The molecule has 1 aromatic carbocycles. The van der Waals surface area contributed by atoms with Crippen LogP contribution in [-0.2, 0) is 9.59 Å². The van der Waals surface area contributed by atoms with Crippen LogP contribution in [0.25, 0.3) is 0 Å². The second kappa shape index (κ2) is 5.32. The van der Waals surface area contributed by atoms with Crippen molar-refractivity contribution >= 4 is 23.4 Å². The molecule has 2 bridgehead atoms. The largest absolute Gasteiger partial charge is 0.387 e. The van der Waals surface area contributed by atoms with Crippen LogP contribution in [0.2, 0.25) is 5.02 Å². The number of aliphatic hydroxyl groups is 1. The first-order valence-electron chi connectivity index (χ1n) is 7.98. The lowest BCUT2D eigenvalue weighted by Crippen LogP contribution is -2.59. The Hall–Kier alpha value is -1.39. The zero-order valence-corrected chi connectivity index (χ0v) is 14.4. The number of carbonyl (C=O) groups is 2. The SMILES string of the molecule is CC1(C)[C@H]2CC[C@]1(C)C(=O)N(C[C@@H](O)c1ccc(Cl)cc1)C2=O. The number of likely N-dealkylation sites (tertiary alicyclic amines) is 1. The van der Waals surface area contributed by atoms with E-state index in [9.17, 15) is 14.7 Å². The summed E-state index contributed by atoms with van der Waals surface area (Å²) < 4.78 is 0. The van der Waals surface area contributed by atoms with Crippen molar-refractivity contribution in [3.63, 3.8) is 0 Å². The van der Waals surface area contributed by atoms with Gasteiger partial charge in [-0.1, -0.05) is 44.5 Å². The van der Waals surface area contributed by atoms with Crippen LogP contribution in [0.3, 0.4) is 0 Å². The first-order chi connectivity index (χ1) is 10.7. The van der Waals surface area contributed by atoms with Crippen molar-refractivity contribution in [3.05, 3.63) is 34.9 Å². The minimum atomic E-state index is -0.899. The van der Waals surface area contributed by atoms with E-state index in [1.54, 1.807) is 24.3 Å². The fourth-order valence-corrected chi connectivity index (χ4v) is 4.16. The van der Waals surface area contributed by atoms with Gasteiger partial charge < -0.3 is 5.11 Å². The Morgan fingerprint density at radius 3 is 2.48 bits per heavy atom. The zero-order chi connectivity index (χ0) is 17.0. The fourth-order valence-electron chi connectivity index (χ4n) is 4.04. The number of carbonyl (C=O) groups excluding carboxylic acids is 2. The molecule has 1 heterocycles. The lowest BCUT2D eigenvalue weighted by Gasteiger charge is -2.48. The van der Waals surface area contributed by atoms with Crippen molar-refractivity contribution in [1.82, 2.24) is 4.90 Å². The molecular weight excluding hydrogens is 314 g/mol. The Morgan fingerprint density at radius 2 is 1.87 bits per heavy atom. The lowest BCUT2D eigenvalue weighted by atomic mass is 9.62. The summed E-state index contributed by atoms with van der Waals surface area (Å²) in [5.74, 6) is -0.458. The molecule has 1 aliphatic heterocycles. The predicted octanol–water partition coefficient (Wildman–Crippen LogP) is 3.18. The molecule has 2 amide bonds. The topological polar surface area (TPSA) is 57.6 Å². The van der Waals surface area contributed by atoms with Gasteiger partial charge in [-0.05, 0) is 36.0 Å². The van der Waals surface area contributed by atoms with Crippen LogP contribution >= 0.6 is 11.6 Å². The number of hydrogen-bond donors (Lipinski definition) is 1. The molecule has 1 aliphatic carbocycles. The van der Waals surface area contributed by atoms with Gasteiger partial charge in [-0.2, -0.15) is 0 Å². The second-order valence-corrected chi connectivity index (χ2v) is 7.90.